The Hall–Kier alpha value is -1.63. The molecule has 6 nitrogen and oxygen atoms in total. The van der Waals surface area contributed by atoms with Crippen molar-refractivity contribution < 1.29 is 15.0 Å². The predicted octanol–water partition coefficient (Wildman–Crippen LogP) is 0.912. The molecular formula is C17H27N3O3. The van der Waals surface area contributed by atoms with Gasteiger partial charge in [0.1, 0.15) is 0 Å². The minimum atomic E-state index is -1.11. The van der Waals surface area contributed by atoms with Crippen LogP contribution in [0.2, 0.25) is 0 Å². The normalized spacial score (nSPS) is 17.8. The van der Waals surface area contributed by atoms with Crippen molar-refractivity contribution in [3.63, 3.8) is 0 Å². The summed E-state index contributed by atoms with van der Waals surface area (Å²) in [7, 11) is 0. The summed E-state index contributed by atoms with van der Waals surface area (Å²) in [6.45, 7) is 4.47. The zero-order valence-electron chi connectivity index (χ0n) is 13.4. The van der Waals surface area contributed by atoms with Gasteiger partial charge >= 0.3 is 6.09 Å². The second-order valence-corrected chi connectivity index (χ2v) is 6.07. The molecule has 1 fully saturated rings. The van der Waals surface area contributed by atoms with E-state index in [2.05, 4.69) is 15.5 Å². The van der Waals surface area contributed by atoms with Crippen LogP contribution in [-0.2, 0) is 6.42 Å². The van der Waals surface area contributed by atoms with Crippen molar-refractivity contribution in [2.45, 2.75) is 31.4 Å². The molecule has 4 N–H and O–H groups in total. The van der Waals surface area contributed by atoms with Crippen LogP contribution in [0.5, 0.6) is 0 Å². The third kappa shape index (κ3) is 6.56. The molecule has 0 bridgehead atoms. The van der Waals surface area contributed by atoms with Crippen LogP contribution in [-0.4, -0.2) is 66.1 Å². The summed E-state index contributed by atoms with van der Waals surface area (Å²) in [6.07, 6.45) is 1.14. The van der Waals surface area contributed by atoms with E-state index >= 15 is 0 Å². The van der Waals surface area contributed by atoms with Crippen LogP contribution in [0.1, 0.15) is 18.4 Å². The van der Waals surface area contributed by atoms with Gasteiger partial charge in [-0.3, -0.25) is 0 Å². The first-order valence-corrected chi connectivity index (χ1v) is 8.29. The first-order valence-electron chi connectivity index (χ1n) is 8.29. The molecule has 0 aliphatic carbocycles. The fraction of sp³-hybridized carbons (Fsp3) is 0.588. The standard InChI is InChI=1S/C17H27N3O3/c21-16(13-18-8-11-20-9-4-5-10-20)15(19-17(22)23)12-14-6-2-1-3-7-14/h1-3,6-7,15-16,18-19,21H,4-5,8-13H2,(H,22,23)/t15-,16-/m0/s1. The molecule has 1 aliphatic heterocycles. The monoisotopic (exact) mass is 321 g/mol. The SMILES string of the molecule is O=C(O)N[C@@H](Cc1ccccc1)[C@@H](O)CNCCN1CCCC1. The number of aliphatic hydroxyl groups excluding tert-OH is 1. The number of hydrogen-bond donors (Lipinski definition) is 4. The lowest BCUT2D eigenvalue weighted by atomic mass is 10.0. The number of likely N-dealkylation sites (tertiary alicyclic amines) is 1. The number of carbonyl (C=O) groups is 1. The van der Waals surface area contributed by atoms with Crippen molar-refractivity contribution in [1.82, 2.24) is 15.5 Å². The fourth-order valence-corrected chi connectivity index (χ4v) is 2.95. The molecule has 128 valence electrons. The molecule has 0 spiro atoms. The Morgan fingerprint density at radius 1 is 1.22 bits per heavy atom. The van der Waals surface area contributed by atoms with Crippen molar-refractivity contribution in [2.75, 3.05) is 32.7 Å². The number of rotatable bonds is 9. The van der Waals surface area contributed by atoms with Gasteiger partial charge in [-0.1, -0.05) is 30.3 Å². The minimum Gasteiger partial charge on any atom is -0.465 e. The topological polar surface area (TPSA) is 84.8 Å². The summed E-state index contributed by atoms with van der Waals surface area (Å²) in [5.74, 6) is 0. The third-order valence-electron chi connectivity index (χ3n) is 4.23. The molecular weight excluding hydrogens is 294 g/mol. The molecule has 23 heavy (non-hydrogen) atoms. The summed E-state index contributed by atoms with van der Waals surface area (Å²) in [5.41, 5.74) is 1.00. The van der Waals surface area contributed by atoms with E-state index in [9.17, 15) is 9.90 Å². The Kier molecular flexibility index (Phi) is 7.32. The summed E-state index contributed by atoms with van der Waals surface area (Å²) >= 11 is 0. The zero-order valence-corrected chi connectivity index (χ0v) is 13.4. The average molecular weight is 321 g/mol. The molecule has 0 saturated carbocycles. The van der Waals surface area contributed by atoms with Gasteiger partial charge in [-0.15, -0.1) is 0 Å². The highest BCUT2D eigenvalue weighted by Crippen LogP contribution is 2.07. The maximum atomic E-state index is 11.0. The number of nitrogens with one attached hydrogen (secondary N) is 2. The molecule has 1 aliphatic rings. The summed E-state index contributed by atoms with van der Waals surface area (Å²) in [4.78, 5) is 13.4. The molecule has 2 atom stereocenters. The largest absolute Gasteiger partial charge is 0.465 e. The Morgan fingerprint density at radius 2 is 1.91 bits per heavy atom. The predicted molar refractivity (Wildman–Crippen MR) is 89.6 cm³/mol. The van der Waals surface area contributed by atoms with E-state index in [0.717, 1.165) is 31.7 Å². The molecule has 1 amide bonds. The highest BCUT2D eigenvalue weighted by Gasteiger charge is 2.21. The van der Waals surface area contributed by atoms with Gasteiger partial charge in [-0.2, -0.15) is 0 Å². The van der Waals surface area contributed by atoms with E-state index in [0.29, 0.717) is 13.0 Å². The number of carboxylic acid groups (broad SMARTS) is 1. The van der Waals surface area contributed by atoms with Gasteiger partial charge in [0.25, 0.3) is 0 Å². The molecule has 1 aromatic rings. The van der Waals surface area contributed by atoms with E-state index in [4.69, 9.17) is 5.11 Å². The molecule has 0 unspecified atom stereocenters. The van der Waals surface area contributed by atoms with Crippen LogP contribution in [0.3, 0.4) is 0 Å². The summed E-state index contributed by atoms with van der Waals surface area (Å²) in [6, 6.07) is 9.09. The number of amides is 1. The fourth-order valence-electron chi connectivity index (χ4n) is 2.95. The van der Waals surface area contributed by atoms with Crippen molar-refractivity contribution >= 4 is 6.09 Å². The van der Waals surface area contributed by atoms with Crippen LogP contribution in [0.4, 0.5) is 4.79 Å². The zero-order chi connectivity index (χ0) is 16.5. The van der Waals surface area contributed by atoms with E-state index < -0.39 is 18.2 Å². The van der Waals surface area contributed by atoms with Crippen LogP contribution in [0.25, 0.3) is 0 Å². The maximum Gasteiger partial charge on any atom is 0.404 e. The van der Waals surface area contributed by atoms with Gasteiger partial charge in [0.05, 0.1) is 12.1 Å². The lowest BCUT2D eigenvalue weighted by Gasteiger charge is -2.24. The molecule has 0 aromatic heterocycles. The lowest BCUT2D eigenvalue weighted by molar-refractivity contribution is 0.117. The number of hydrogen-bond acceptors (Lipinski definition) is 4. The van der Waals surface area contributed by atoms with Crippen LogP contribution in [0, 0.1) is 0 Å². The van der Waals surface area contributed by atoms with Crippen molar-refractivity contribution in [2.24, 2.45) is 0 Å². The van der Waals surface area contributed by atoms with Gasteiger partial charge in [0.15, 0.2) is 0 Å². The Morgan fingerprint density at radius 3 is 2.57 bits per heavy atom. The van der Waals surface area contributed by atoms with Crippen LogP contribution >= 0.6 is 0 Å². The summed E-state index contributed by atoms with van der Waals surface area (Å²) in [5, 5.41) is 24.9. The minimum absolute atomic E-state index is 0.381. The number of aliphatic hydroxyl groups is 1. The first kappa shape index (κ1) is 17.7. The average Bonchev–Trinajstić information content (AvgIpc) is 3.04. The molecule has 0 radical (unpaired) electrons. The van der Waals surface area contributed by atoms with Crippen molar-refractivity contribution in [3.8, 4) is 0 Å². The summed E-state index contributed by atoms with van der Waals surface area (Å²) < 4.78 is 0. The van der Waals surface area contributed by atoms with Gasteiger partial charge in [0, 0.05) is 19.6 Å². The second kappa shape index (κ2) is 9.50. The van der Waals surface area contributed by atoms with Crippen molar-refractivity contribution in [1.29, 1.82) is 0 Å². The molecule has 1 aromatic carbocycles. The van der Waals surface area contributed by atoms with E-state index in [1.165, 1.54) is 12.8 Å². The van der Waals surface area contributed by atoms with Gasteiger partial charge < -0.3 is 25.7 Å². The molecule has 2 rings (SSSR count). The maximum absolute atomic E-state index is 11.0. The van der Waals surface area contributed by atoms with Gasteiger partial charge in [0.2, 0.25) is 0 Å². The Balaban J connectivity index is 1.76. The first-order chi connectivity index (χ1) is 11.1. The van der Waals surface area contributed by atoms with Crippen molar-refractivity contribution in [3.05, 3.63) is 35.9 Å². The van der Waals surface area contributed by atoms with Crippen LogP contribution in [0.15, 0.2) is 30.3 Å². The van der Waals surface area contributed by atoms with Gasteiger partial charge in [-0.05, 0) is 37.9 Å². The molecule has 6 heteroatoms. The second-order valence-electron chi connectivity index (χ2n) is 6.07. The van der Waals surface area contributed by atoms with E-state index in [1.54, 1.807) is 0 Å². The lowest BCUT2D eigenvalue weighted by Crippen LogP contribution is -2.49. The van der Waals surface area contributed by atoms with Crippen LogP contribution < -0.4 is 10.6 Å². The molecule has 1 saturated heterocycles. The quantitative estimate of drug-likeness (QED) is 0.508. The smallest absolute Gasteiger partial charge is 0.404 e. The Bertz CT molecular complexity index is 463. The van der Waals surface area contributed by atoms with E-state index in [-0.39, 0.29) is 0 Å². The molecule has 1 heterocycles. The van der Waals surface area contributed by atoms with E-state index in [1.807, 2.05) is 30.3 Å². The third-order valence-corrected chi connectivity index (χ3v) is 4.23. The highest BCUT2D eigenvalue weighted by molar-refractivity contribution is 5.65. The Labute approximate surface area is 137 Å². The number of benzene rings is 1. The van der Waals surface area contributed by atoms with Gasteiger partial charge in [-0.25, -0.2) is 4.79 Å². The number of nitrogens with zero attached hydrogens (tertiary/aromatic N) is 1. The highest BCUT2D eigenvalue weighted by atomic mass is 16.4.